The first-order valence-electron chi connectivity index (χ1n) is 5.41. The van der Waals surface area contributed by atoms with Crippen LogP contribution in [0.3, 0.4) is 0 Å². The molecule has 3 N–H and O–H groups in total. The molecule has 2 rings (SSSR count). The summed E-state index contributed by atoms with van der Waals surface area (Å²) in [5, 5.41) is 14.3. The Hall–Kier alpha value is -2.21. The van der Waals surface area contributed by atoms with Gasteiger partial charge >= 0.3 is 0 Å². The third-order valence-electron chi connectivity index (χ3n) is 2.12. The molecule has 1 aromatic carbocycles. The lowest BCUT2D eigenvalue weighted by molar-refractivity contribution is 1.02. The summed E-state index contributed by atoms with van der Waals surface area (Å²) in [7, 11) is 0. The van der Waals surface area contributed by atoms with Crippen molar-refractivity contribution in [1.82, 2.24) is 15.6 Å². The highest BCUT2D eigenvalue weighted by Crippen LogP contribution is 2.04. The third-order valence-corrected chi connectivity index (χ3v) is 2.31. The molecule has 0 aliphatic rings. The van der Waals surface area contributed by atoms with Crippen LogP contribution in [0, 0.1) is 6.92 Å². The molecule has 92 valence electrons. The highest BCUT2D eigenvalue weighted by Gasteiger charge is 1.95. The molecule has 0 amide bonds. The second-order valence-corrected chi connectivity index (χ2v) is 4.07. The number of benzene rings is 1. The monoisotopic (exact) mass is 259 g/mol. The number of aromatic amines is 1. The molecule has 1 heterocycles. The molecule has 5 nitrogen and oxygen atoms in total. The Morgan fingerprint density at radius 1 is 1.39 bits per heavy atom. The molecule has 2 aromatic rings. The average molecular weight is 259 g/mol. The highest BCUT2D eigenvalue weighted by molar-refractivity contribution is 7.80. The summed E-state index contributed by atoms with van der Waals surface area (Å²) in [5.74, 6) is 0. The summed E-state index contributed by atoms with van der Waals surface area (Å²) in [6.45, 7) is 1.93. The number of thiocarbonyl (C=S) groups is 1. The van der Waals surface area contributed by atoms with Gasteiger partial charge in [0, 0.05) is 11.4 Å². The molecule has 0 aliphatic carbocycles. The maximum atomic E-state index is 5.09. The highest BCUT2D eigenvalue weighted by atomic mass is 32.1. The van der Waals surface area contributed by atoms with Crippen LogP contribution in [0.4, 0.5) is 5.69 Å². The van der Waals surface area contributed by atoms with Gasteiger partial charge in [-0.05, 0) is 37.3 Å². The van der Waals surface area contributed by atoms with Crippen molar-refractivity contribution < 1.29 is 0 Å². The minimum Gasteiger partial charge on any atom is -0.331 e. The van der Waals surface area contributed by atoms with E-state index in [0.29, 0.717) is 5.11 Å². The van der Waals surface area contributed by atoms with Crippen LogP contribution in [0.5, 0.6) is 0 Å². The number of anilines is 1. The zero-order chi connectivity index (χ0) is 12.8. The van der Waals surface area contributed by atoms with Gasteiger partial charge in [-0.2, -0.15) is 10.2 Å². The van der Waals surface area contributed by atoms with Crippen LogP contribution in [0.25, 0.3) is 0 Å². The van der Waals surface area contributed by atoms with Crippen molar-refractivity contribution >= 4 is 29.2 Å². The summed E-state index contributed by atoms with van der Waals surface area (Å²) in [6, 6.07) is 11.5. The van der Waals surface area contributed by atoms with Gasteiger partial charge in [0.25, 0.3) is 0 Å². The molecule has 0 saturated heterocycles. The molecule has 0 unspecified atom stereocenters. The lowest BCUT2D eigenvalue weighted by Gasteiger charge is -2.05. The Labute approximate surface area is 110 Å². The second-order valence-electron chi connectivity index (χ2n) is 3.67. The van der Waals surface area contributed by atoms with Crippen molar-refractivity contribution in [2.75, 3.05) is 5.32 Å². The van der Waals surface area contributed by atoms with E-state index in [9.17, 15) is 0 Å². The molecule has 1 aromatic heterocycles. The number of rotatable bonds is 3. The van der Waals surface area contributed by atoms with Crippen LogP contribution < -0.4 is 10.7 Å². The van der Waals surface area contributed by atoms with Gasteiger partial charge in [0.15, 0.2) is 5.11 Å². The summed E-state index contributed by atoms with van der Waals surface area (Å²) in [5.41, 5.74) is 5.38. The maximum absolute atomic E-state index is 5.09. The van der Waals surface area contributed by atoms with E-state index in [4.69, 9.17) is 12.2 Å². The second kappa shape index (κ2) is 5.92. The molecule has 0 atom stereocenters. The number of H-pyrrole nitrogens is 1. The topological polar surface area (TPSA) is 65.1 Å². The summed E-state index contributed by atoms with van der Waals surface area (Å²) < 4.78 is 0. The van der Waals surface area contributed by atoms with Gasteiger partial charge in [-0.1, -0.05) is 18.2 Å². The van der Waals surface area contributed by atoms with Crippen LogP contribution in [-0.2, 0) is 0 Å². The smallest absolute Gasteiger partial charge is 0.191 e. The average Bonchev–Trinajstić information content (AvgIpc) is 2.76. The van der Waals surface area contributed by atoms with Gasteiger partial charge < -0.3 is 5.32 Å². The Balaban J connectivity index is 1.83. The quantitative estimate of drug-likeness (QED) is 0.448. The number of hydrazone groups is 1. The van der Waals surface area contributed by atoms with E-state index in [1.165, 1.54) is 0 Å². The Morgan fingerprint density at radius 2 is 2.17 bits per heavy atom. The number of hydrogen-bond donors (Lipinski definition) is 3. The molecule has 0 fully saturated rings. The fourth-order valence-corrected chi connectivity index (χ4v) is 1.51. The zero-order valence-corrected chi connectivity index (χ0v) is 10.7. The first kappa shape index (κ1) is 12.3. The predicted octanol–water partition coefficient (Wildman–Crippen LogP) is 2.04. The van der Waals surface area contributed by atoms with Gasteiger partial charge in [0.2, 0.25) is 0 Å². The van der Waals surface area contributed by atoms with E-state index in [1.54, 1.807) is 6.21 Å². The largest absolute Gasteiger partial charge is 0.331 e. The number of para-hydroxylation sites is 1. The lowest BCUT2D eigenvalue weighted by Crippen LogP contribution is -2.23. The minimum absolute atomic E-state index is 0.435. The zero-order valence-electron chi connectivity index (χ0n) is 9.84. The van der Waals surface area contributed by atoms with Crippen LogP contribution in [0.15, 0.2) is 41.5 Å². The van der Waals surface area contributed by atoms with E-state index < -0.39 is 0 Å². The molecular formula is C12H13N5S. The van der Waals surface area contributed by atoms with Crippen LogP contribution in [0.1, 0.15) is 11.4 Å². The van der Waals surface area contributed by atoms with Crippen LogP contribution >= 0.6 is 12.2 Å². The fourth-order valence-electron chi connectivity index (χ4n) is 1.34. The van der Waals surface area contributed by atoms with Crippen molar-refractivity contribution in [2.45, 2.75) is 6.92 Å². The standard InChI is InChI=1S/C12H13N5S/c1-9-7-11(16-15-9)8-13-17-12(18)14-10-5-3-2-4-6-10/h2-8H,1H3,(H,15,16)(H2,14,17,18). The first-order chi connectivity index (χ1) is 8.74. The molecule has 18 heavy (non-hydrogen) atoms. The van der Waals surface area contributed by atoms with E-state index in [-0.39, 0.29) is 0 Å². The normalized spacial score (nSPS) is 10.5. The number of nitrogens with one attached hydrogen (secondary N) is 3. The predicted molar refractivity (Wildman–Crippen MR) is 76.7 cm³/mol. The van der Waals surface area contributed by atoms with Crippen LogP contribution in [0.2, 0.25) is 0 Å². The third kappa shape index (κ3) is 3.67. The summed E-state index contributed by atoms with van der Waals surface area (Å²) in [4.78, 5) is 0. The van der Waals surface area contributed by atoms with Gasteiger partial charge in [-0.25, -0.2) is 0 Å². The Kier molecular flexibility index (Phi) is 4.03. The van der Waals surface area contributed by atoms with Gasteiger partial charge in [0.05, 0.1) is 6.21 Å². The Bertz CT molecular complexity index is 547. The summed E-state index contributed by atoms with van der Waals surface area (Å²) in [6.07, 6.45) is 1.60. The molecule has 0 spiro atoms. The first-order valence-corrected chi connectivity index (χ1v) is 5.82. The number of hydrogen-bond acceptors (Lipinski definition) is 3. The van der Waals surface area contributed by atoms with Gasteiger partial charge in [-0.15, -0.1) is 0 Å². The van der Waals surface area contributed by atoms with Gasteiger partial charge in [0.1, 0.15) is 5.69 Å². The molecular weight excluding hydrogens is 246 g/mol. The van der Waals surface area contributed by atoms with Crippen molar-refractivity contribution in [3.8, 4) is 0 Å². The number of aryl methyl sites for hydroxylation is 1. The van der Waals surface area contributed by atoms with E-state index >= 15 is 0 Å². The molecule has 6 heteroatoms. The SMILES string of the molecule is Cc1cc(C=NNC(=S)Nc2ccccc2)n[nH]1. The minimum atomic E-state index is 0.435. The summed E-state index contributed by atoms with van der Waals surface area (Å²) >= 11 is 5.09. The Morgan fingerprint density at radius 3 is 2.83 bits per heavy atom. The molecule has 0 bridgehead atoms. The fraction of sp³-hybridized carbons (Fsp3) is 0.0833. The number of aromatic nitrogens is 2. The van der Waals surface area contributed by atoms with E-state index in [2.05, 4.69) is 26.0 Å². The van der Waals surface area contributed by atoms with Crippen molar-refractivity contribution in [3.05, 3.63) is 47.8 Å². The maximum Gasteiger partial charge on any atom is 0.191 e. The van der Waals surface area contributed by atoms with Gasteiger partial charge in [-0.3, -0.25) is 10.5 Å². The van der Waals surface area contributed by atoms with Crippen molar-refractivity contribution in [1.29, 1.82) is 0 Å². The molecule has 0 aliphatic heterocycles. The van der Waals surface area contributed by atoms with Crippen LogP contribution in [-0.4, -0.2) is 21.5 Å². The molecule has 0 saturated carbocycles. The molecule has 0 radical (unpaired) electrons. The van der Waals surface area contributed by atoms with E-state index in [0.717, 1.165) is 17.1 Å². The van der Waals surface area contributed by atoms with Crippen molar-refractivity contribution in [2.24, 2.45) is 5.10 Å². The number of nitrogens with zero attached hydrogens (tertiary/aromatic N) is 2. The van der Waals surface area contributed by atoms with E-state index in [1.807, 2.05) is 43.3 Å². The van der Waals surface area contributed by atoms with Crippen molar-refractivity contribution in [3.63, 3.8) is 0 Å². The lowest BCUT2D eigenvalue weighted by atomic mass is 10.3.